The summed E-state index contributed by atoms with van der Waals surface area (Å²) in [7, 11) is 0. The first-order chi connectivity index (χ1) is 6.27. The summed E-state index contributed by atoms with van der Waals surface area (Å²) >= 11 is 0. The minimum absolute atomic E-state index is 0.788. The van der Waals surface area contributed by atoms with Crippen LogP contribution in [0, 0.1) is 13.8 Å². The van der Waals surface area contributed by atoms with Crippen LogP contribution in [0.2, 0.25) is 0 Å². The summed E-state index contributed by atoms with van der Waals surface area (Å²) in [6, 6.07) is 2.06. The summed E-state index contributed by atoms with van der Waals surface area (Å²) in [5.41, 5.74) is 2.23. The lowest BCUT2D eigenvalue weighted by Gasteiger charge is -2.02. The van der Waals surface area contributed by atoms with Crippen LogP contribution in [-0.2, 0) is 0 Å². The molecule has 0 saturated heterocycles. The number of rotatable bonds is 1. The molecule has 0 aliphatic heterocycles. The van der Waals surface area contributed by atoms with E-state index in [0.29, 0.717) is 0 Å². The molecule has 0 amide bonds. The molecule has 0 unspecified atom stereocenters. The first-order valence-corrected chi connectivity index (χ1v) is 4.07. The van der Waals surface area contributed by atoms with Gasteiger partial charge in [-0.15, -0.1) is 4.80 Å². The van der Waals surface area contributed by atoms with Crippen molar-refractivity contribution in [3.8, 4) is 5.82 Å². The van der Waals surface area contributed by atoms with Crippen molar-refractivity contribution in [2.75, 3.05) is 0 Å². The Hall–Kier alpha value is -1.71. The number of aromatic nitrogens is 4. The second-order valence-corrected chi connectivity index (χ2v) is 2.97. The van der Waals surface area contributed by atoms with Gasteiger partial charge in [-0.25, -0.2) is 4.98 Å². The fourth-order valence-corrected chi connectivity index (χ4v) is 1.24. The number of hydrogen-bond acceptors (Lipinski definition) is 3. The van der Waals surface area contributed by atoms with Gasteiger partial charge in [0.1, 0.15) is 0 Å². The van der Waals surface area contributed by atoms with Crippen molar-refractivity contribution < 1.29 is 0 Å². The van der Waals surface area contributed by atoms with Crippen LogP contribution >= 0.6 is 0 Å². The zero-order chi connectivity index (χ0) is 9.26. The van der Waals surface area contributed by atoms with E-state index in [1.807, 2.05) is 20.0 Å². The average Bonchev–Trinajstić information content (AvgIpc) is 2.56. The van der Waals surface area contributed by atoms with E-state index in [1.54, 1.807) is 12.4 Å². The zero-order valence-electron chi connectivity index (χ0n) is 7.60. The first kappa shape index (κ1) is 7.91. The summed E-state index contributed by atoms with van der Waals surface area (Å²) in [4.78, 5) is 5.78. The van der Waals surface area contributed by atoms with Gasteiger partial charge in [-0.1, -0.05) is 6.07 Å². The van der Waals surface area contributed by atoms with E-state index in [-0.39, 0.29) is 0 Å². The van der Waals surface area contributed by atoms with E-state index in [2.05, 4.69) is 21.2 Å². The predicted octanol–water partition coefficient (Wildman–Crippen LogP) is 1.28. The Bertz CT molecular complexity index is 406. The third-order valence-electron chi connectivity index (χ3n) is 1.80. The lowest BCUT2D eigenvalue weighted by atomic mass is 10.2. The molecule has 0 aliphatic carbocycles. The Morgan fingerprint density at radius 1 is 1.15 bits per heavy atom. The van der Waals surface area contributed by atoms with Gasteiger partial charge in [0, 0.05) is 6.20 Å². The van der Waals surface area contributed by atoms with E-state index in [4.69, 9.17) is 0 Å². The van der Waals surface area contributed by atoms with Gasteiger partial charge >= 0.3 is 0 Å². The summed E-state index contributed by atoms with van der Waals surface area (Å²) in [6.07, 6.45) is 5.09. The lowest BCUT2D eigenvalue weighted by molar-refractivity contribution is 0.723. The Balaban J connectivity index is 2.53. The molecule has 2 rings (SSSR count). The smallest absolute Gasteiger partial charge is 0.177 e. The van der Waals surface area contributed by atoms with Gasteiger partial charge in [0.2, 0.25) is 0 Å². The van der Waals surface area contributed by atoms with E-state index in [1.165, 1.54) is 4.80 Å². The fourth-order valence-electron chi connectivity index (χ4n) is 1.24. The summed E-state index contributed by atoms with van der Waals surface area (Å²) in [5.74, 6) is 0.788. The molecule has 0 aromatic carbocycles. The summed E-state index contributed by atoms with van der Waals surface area (Å²) < 4.78 is 0. The van der Waals surface area contributed by atoms with Crippen molar-refractivity contribution in [3.63, 3.8) is 0 Å². The molecule has 0 saturated carbocycles. The lowest BCUT2D eigenvalue weighted by Crippen LogP contribution is -2.03. The van der Waals surface area contributed by atoms with Crippen LogP contribution in [0.25, 0.3) is 5.82 Å². The Morgan fingerprint density at radius 3 is 2.46 bits per heavy atom. The van der Waals surface area contributed by atoms with Crippen molar-refractivity contribution in [1.82, 2.24) is 20.0 Å². The largest absolute Gasteiger partial charge is 0.235 e. The van der Waals surface area contributed by atoms with E-state index in [0.717, 1.165) is 16.9 Å². The van der Waals surface area contributed by atoms with Crippen LogP contribution in [-0.4, -0.2) is 20.0 Å². The molecule has 2 aromatic heterocycles. The Kier molecular flexibility index (Phi) is 1.81. The zero-order valence-corrected chi connectivity index (χ0v) is 7.60. The van der Waals surface area contributed by atoms with Gasteiger partial charge in [0.25, 0.3) is 0 Å². The van der Waals surface area contributed by atoms with Crippen LogP contribution in [0.15, 0.2) is 24.7 Å². The molecular weight excluding hydrogens is 164 g/mol. The maximum absolute atomic E-state index is 4.26. The highest BCUT2D eigenvalue weighted by Crippen LogP contribution is 2.09. The van der Waals surface area contributed by atoms with E-state index >= 15 is 0 Å². The molecule has 0 radical (unpaired) electrons. The minimum atomic E-state index is 0.788. The van der Waals surface area contributed by atoms with Crippen molar-refractivity contribution in [3.05, 3.63) is 35.8 Å². The van der Waals surface area contributed by atoms with Gasteiger partial charge < -0.3 is 0 Å². The molecule has 4 nitrogen and oxygen atoms in total. The van der Waals surface area contributed by atoms with Gasteiger partial charge in [-0.05, 0) is 25.0 Å². The van der Waals surface area contributed by atoms with Crippen LogP contribution in [0.5, 0.6) is 0 Å². The molecule has 0 fully saturated rings. The highest BCUT2D eigenvalue weighted by Gasteiger charge is 2.02. The molecule has 13 heavy (non-hydrogen) atoms. The molecule has 0 aliphatic rings. The standard InChI is InChI=1S/C9H10N4/c1-7-5-8(2)9(10-6-7)13-11-3-4-12-13/h3-6H,1-2H3. The monoisotopic (exact) mass is 174 g/mol. The van der Waals surface area contributed by atoms with E-state index < -0.39 is 0 Å². The topological polar surface area (TPSA) is 43.6 Å². The molecule has 0 N–H and O–H groups in total. The van der Waals surface area contributed by atoms with E-state index in [9.17, 15) is 0 Å². The van der Waals surface area contributed by atoms with Crippen LogP contribution in [0.3, 0.4) is 0 Å². The fraction of sp³-hybridized carbons (Fsp3) is 0.222. The first-order valence-electron chi connectivity index (χ1n) is 4.07. The van der Waals surface area contributed by atoms with Crippen LogP contribution in [0.4, 0.5) is 0 Å². The molecule has 0 bridgehead atoms. The van der Waals surface area contributed by atoms with Crippen LogP contribution in [0.1, 0.15) is 11.1 Å². The number of hydrogen-bond donors (Lipinski definition) is 0. The Labute approximate surface area is 76.2 Å². The van der Waals surface area contributed by atoms with Crippen LogP contribution < -0.4 is 0 Å². The van der Waals surface area contributed by atoms with Crippen molar-refractivity contribution >= 4 is 0 Å². The number of pyridine rings is 1. The van der Waals surface area contributed by atoms with Gasteiger partial charge in [0.05, 0.1) is 12.4 Å². The normalized spacial score (nSPS) is 10.3. The highest BCUT2D eigenvalue weighted by molar-refractivity contribution is 5.32. The summed E-state index contributed by atoms with van der Waals surface area (Å²) in [5, 5.41) is 8.04. The molecular formula is C9H10N4. The second kappa shape index (κ2) is 2.97. The van der Waals surface area contributed by atoms with Crippen molar-refractivity contribution in [2.24, 2.45) is 0 Å². The molecule has 0 spiro atoms. The molecule has 0 atom stereocenters. The number of nitrogens with zero attached hydrogens (tertiary/aromatic N) is 4. The molecule has 2 heterocycles. The van der Waals surface area contributed by atoms with Crippen molar-refractivity contribution in [2.45, 2.75) is 13.8 Å². The highest BCUT2D eigenvalue weighted by atomic mass is 15.5. The van der Waals surface area contributed by atoms with Gasteiger partial charge in [-0.3, -0.25) is 0 Å². The number of aryl methyl sites for hydroxylation is 2. The average molecular weight is 174 g/mol. The summed E-state index contributed by atoms with van der Waals surface area (Å²) in [6.45, 7) is 4.01. The van der Waals surface area contributed by atoms with Gasteiger partial charge in [-0.2, -0.15) is 10.2 Å². The Morgan fingerprint density at radius 2 is 1.85 bits per heavy atom. The minimum Gasteiger partial charge on any atom is -0.235 e. The predicted molar refractivity (Wildman–Crippen MR) is 48.6 cm³/mol. The maximum Gasteiger partial charge on any atom is 0.177 e. The van der Waals surface area contributed by atoms with Gasteiger partial charge in [0.15, 0.2) is 5.82 Å². The third kappa shape index (κ3) is 1.42. The third-order valence-corrected chi connectivity index (χ3v) is 1.80. The molecule has 4 heteroatoms. The second-order valence-electron chi connectivity index (χ2n) is 2.97. The SMILES string of the molecule is Cc1cnc(-n2nccn2)c(C)c1. The van der Waals surface area contributed by atoms with Crippen molar-refractivity contribution in [1.29, 1.82) is 0 Å². The quantitative estimate of drug-likeness (QED) is 0.654. The molecule has 2 aromatic rings. The molecule has 66 valence electrons. The maximum atomic E-state index is 4.26.